The van der Waals surface area contributed by atoms with Crippen LogP contribution in [0.4, 0.5) is 10.1 Å². The van der Waals surface area contributed by atoms with E-state index in [0.29, 0.717) is 13.2 Å². The number of ether oxygens (including phenoxy) is 2. The molecule has 2 aliphatic heterocycles. The lowest BCUT2D eigenvalue weighted by Crippen LogP contribution is -2.51. The average molecular weight is 370 g/mol. The summed E-state index contributed by atoms with van der Waals surface area (Å²) in [4.78, 5) is 4.64. The molecule has 0 aromatic heterocycles. The SMILES string of the molecule is O[C@@H]1c2cc(F)ccc2C[C@H]1N1CCN(c2cccc3c2OCCO3)CC1. The maximum Gasteiger partial charge on any atom is 0.184 e. The summed E-state index contributed by atoms with van der Waals surface area (Å²) in [6, 6.07) is 10.8. The fourth-order valence-electron chi connectivity index (χ4n) is 4.50. The second-order valence-electron chi connectivity index (χ2n) is 7.38. The van der Waals surface area contributed by atoms with Crippen LogP contribution < -0.4 is 14.4 Å². The minimum atomic E-state index is -0.622. The van der Waals surface area contributed by atoms with Gasteiger partial charge in [-0.1, -0.05) is 12.1 Å². The first-order valence-corrected chi connectivity index (χ1v) is 9.55. The van der Waals surface area contributed by atoms with Crippen LogP contribution in [0.2, 0.25) is 0 Å². The average Bonchev–Trinajstić information content (AvgIpc) is 3.04. The van der Waals surface area contributed by atoms with Gasteiger partial charge in [-0.2, -0.15) is 0 Å². The smallest absolute Gasteiger partial charge is 0.184 e. The number of hydrogen-bond donors (Lipinski definition) is 1. The van der Waals surface area contributed by atoms with Gasteiger partial charge in [0.2, 0.25) is 0 Å². The lowest BCUT2D eigenvalue weighted by atomic mass is 10.1. The van der Waals surface area contributed by atoms with Crippen LogP contribution in [0.1, 0.15) is 17.2 Å². The molecule has 0 unspecified atom stereocenters. The minimum Gasteiger partial charge on any atom is -0.486 e. The standard InChI is InChI=1S/C21H23FN2O3/c22-15-5-4-14-12-18(20(25)16(14)13-15)24-8-6-23(7-9-24)17-2-1-3-19-21(17)27-11-10-26-19/h1-5,13,18,20,25H,6-12H2/t18-,20-/m1/s1. The molecule has 5 nitrogen and oxygen atoms in total. The maximum atomic E-state index is 13.5. The molecule has 3 aliphatic rings. The van der Waals surface area contributed by atoms with Crippen molar-refractivity contribution < 1.29 is 19.0 Å². The van der Waals surface area contributed by atoms with Crippen LogP contribution in [0.25, 0.3) is 0 Å². The number of hydrogen-bond acceptors (Lipinski definition) is 5. The van der Waals surface area contributed by atoms with Crippen molar-refractivity contribution in [2.45, 2.75) is 18.6 Å². The largest absolute Gasteiger partial charge is 0.486 e. The van der Waals surface area contributed by atoms with Gasteiger partial charge in [0.1, 0.15) is 19.0 Å². The molecular weight excluding hydrogens is 347 g/mol. The first-order chi connectivity index (χ1) is 13.2. The summed E-state index contributed by atoms with van der Waals surface area (Å²) in [5.41, 5.74) is 2.87. The number of piperazine rings is 1. The molecule has 0 radical (unpaired) electrons. The fourth-order valence-corrected chi connectivity index (χ4v) is 4.50. The van der Waals surface area contributed by atoms with E-state index in [1.807, 2.05) is 12.1 Å². The Morgan fingerprint density at radius 3 is 2.67 bits per heavy atom. The number of fused-ring (bicyclic) bond motifs is 2. The molecule has 0 amide bonds. The third-order valence-corrected chi connectivity index (χ3v) is 5.89. The van der Waals surface area contributed by atoms with Crippen molar-refractivity contribution in [3.8, 4) is 11.5 Å². The van der Waals surface area contributed by atoms with Crippen molar-refractivity contribution in [2.75, 3.05) is 44.3 Å². The Morgan fingerprint density at radius 2 is 1.81 bits per heavy atom. The Balaban J connectivity index is 1.29. The van der Waals surface area contributed by atoms with Crippen molar-refractivity contribution in [1.29, 1.82) is 0 Å². The van der Waals surface area contributed by atoms with E-state index in [-0.39, 0.29) is 11.9 Å². The van der Waals surface area contributed by atoms with E-state index in [4.69, 9.17) is 9.47 Å². The topological polar surface area (TPSA) is 45.2 Å². The highest BCUT2D eigenvalue weighted by Crippen LogP contribution is 2.40. The van der Waals surface area contributed by atoms with E-state index in [1.54, 1.807) is 6.07 Å². The highest BCUT2D eigenvalue weighted by molar-refractivity contribution is 5.65. The molecule has 0 spiro atoms. The summed E-state index contributed by atoms with van der Waals surface area (Å²) in [6.07, 6.45) is 0.150. The zero-order chi connectivity index (χ0) is 18.4. The molecule has 2 heterocycles. The number of rotatable bonds is 2. The molecule has 1 N–H and O–H groups in total. The van der Waals surface area contributed by atoms with Crippen LogP contribution in [0, 0.1) is 5.82 Å². The number of nitrogens with zero attached hydrogens (tertiary/aromatic N) is 2. The molecule has 1 aliphatic carbocycles. The molecule has 1 fully saturated rings. The predicted molar refractivity (Wildman–Crippen MR) is 100 cm³/mol. The minimum absolute atomic E-state index is 0.0215. The molecule has 6 heteroatoms. The normalized spacial score (nSPS) is 24.7. The number of benzene rings is 2. The molecule has 2 aromatic rings. The first-order valence-electron chi connectivity index (χ1n) is 9.55. The summed E-state index contributed by atoms with van der Waals surface area (Å²) in [7, 11) is 0. The van der Waals surface area contributed by atoms with Gasteiger partial charge < -0.3 is 19.5 Å². The summed E-state index contributed by atoms with van der Waals surface area (Å²) < 4.78 is 25.1. The van der Waals surface area contributed by atoms with E-state index in [0.717, 1.165) is 60.9 Å². The molecular formula is C21H23FN2O3. The molecule has 1 saturated heterocycles. The molecule has 142 valence electrons. The Labute approximate surface area is 157 Å². The Bertz CT molecular complexity index is 851. The van der Waals surface area contributed by atoms with Gasteiger partial charge in [-0.25, -0.2) is 4.39 Å². The van der Waals surface area contributed by atoms with Crippen LogP contribution in [0.5, 0.6) is 11.5 Å². The van der Waals surface area contributed by atoms with E-state index < -0.39 is 6.10 Å². The third-order valence-electron chi connectivity index (χ3n) is 5.89. The van der Waals surface area contributed by atoms with Crippen LogP contribution in [0.3, 0.4) is 0 Å². The monoisotopic (exact) mass is 370 g/mol. The lowest BCUT2D eigenvalue weighted by Gasteiger charge is -2.40. The third kappa shape index (κ3) is 2.93. The maximum absolute atomic E-state index is 13.5. The summed E-state index contributed by atoms with van der Waals surface area (Å²) in [5, 5.41) is 10.7. The van der Waals surface area contributed by atoms with Crippen LogP contribution in [0.15, 0.2) is 36.4 Å². The van der Waals surface area contributed by atoms with Gasteiger partial charge in [0.25, 0.3) is 0 Å². The zero-order valence-corrected chi connectivity index (χ0v) is 15.1. The number of halogens is 1. The van der Waals surface area contributed by atoms with Crippen LogP contribution in [-0.4, -0.2) is 55.4 Å². The molecule has 2 aromatic carbocycles. The van der Waals surface area contributed by atoms with Gasteiger partial charge in [-0.3, -0.25) is 4.90 Å². The number of aliphatic hydroxyl groups excluding tert-OH is 1. The fraction of sp³-hybridized carbons (Fsp3) is 0.429. The first kappa shape index (κ1) is 16.8. The Kier molecular flexibility index (Phi) is 4.17. The van der Waals surface area contributed by atoms with Crippen LogP contribution in [-0.2, 0) is 6.42 Å². The molecule has 2 atom stereocenters. The van der Waals surface area contributed by atoms with Crippen LogP contribution >= 0.6 is 0 Å². The van der Waals surface area contributed by atoms with Crippen molar-refractivity contribution in [1.82, 2.24) is 4.90 Å². The number of para-hydroxylation sites is 1. The van der Waals surface area contributed by atoms with Crippen molar-refractivity contribution in [3.05, 3.63) is 53.3 Å². The number of anilines is 1. The lowest BCUT2D eigenvalue weighted by molar-refractivity contribution is 0.0569. The molecule has 5 rings (SSSR count). The van der Waals surface area contributed by atoms with Gasteiger partial charge in [-0.15, -0.1) is 0 Å². The summed E-state index contributed by atoms with van der Waals surface area (Å²) in [6.45, 7) is 4.57. The molecule has 0 saturated carbocycles. The van der Waals surface area contributed by atoms with E-state index in [2.05, 4.69) is 15.9 Å². The number of aliphatic hydroxyl groups is 1. The van der Waals surface area contributed by atoms with Gasteiger partial charge in [0.15, 0.2) is 11.5 Å². The van der Waals surface area contributed by atoms with E-state index in [1.165, 1.54) is 12.1 Å². The Hall–Kier alpha value is -2.31. The highest BCUT2D eigenvalue weighted by atomic mass is 19.1. The molecule has 27 heavy (non-hydrogen) atoms. The van der Waals surface area contributed by atoms with Crippen molar-refractivity contribution in [3.63, 3.8) is 0 Å². The van der Waals surface area contributed by atoms with Crippen molar-refractivity contribution in [2.24, 2.45) is 0 Å². The highest BCUT2D eigenvalue weighted by Gasteiger charge is 2.37. The second-order valence-corrected chi connectivity index (χ2v) is 7.38. The zero-order valence-electron chi connectivity index (χ0n) is 15.1. The van der Waals surface area contributed by atoms with Crippen molar-refractivity contribution >= 4 is 5.69 Å². The Morgan fingerprint density at radius 1 is 1.00 bits per heavy atom. The second kappa shape index (κ2) is 6.69. The predicted octanol–water partition coefficient (Wildman–Crippen LogP) is 2.38. The quantitative estimate of drug-likeness (QED) is 0.880. The van der Waals surface area contributed by atoms with Gasteiger partial charge in [0.05, 0.1) is 11.8 Å². The van der Waals surface area contributed by atoms with Gasteiger partial charge in [0, 0.05) is 32.2 Å². The van der Waals surface area contributed by atoms with Gasteiger partial charge >= 0.3 is 0 Å². The summed E-state index contributed by atoms with van der Waals surface area (Å²) in [5.74, 6) is 1.36. The van der Waals surface area contributed by atoms with E-state index >= 15 is 0 Å². The van der Waals surface area contributed by atoms with E-state index in [9.17, 15) is 9.50 Å². The summed E-state index contributed by atoms with van der Waals surface area (Å²) >= 11 is 0. The molecule has 0 bridgehead atoms. The van der Waals surface area contributed by atoms with Gasteiger partial charge in [-0.05, 0) is 41.8 Å².